The summed E-state index contributed by atoms with van der Waals surface area (Å²) in [4.78, 5) is 23.2. The van der Waals surface area contributed by atoms with Crippen LogP contribution in [0.2, 0.25) is 0 Å². The fourth-order valence-electron chi connectivity index (χ4n) is 2.54. The maximum atomic E-state index is 13.5. The Morgan fingerprint density at radius 1 is 1.25 bits per heavy atom. The van der Waals surface area contributed by atoms with E-state index in [9.17, 15) is 23.5 Å². The quantitative estimate of drug-likeness (QED) is 0.888. The summed E-state index contributed by atoms with van der Waals surface area (Å²) in [6.07, 6.45) is 1.79. The van der Waals surface area contributed by atoms with Gasteiger partial charge in [0.25, 0.3) is 0 Å². The molecule has 20 heavy (non-hydrogen) atoms. The van der Waals surface area contributed by atoms with Crippen molar-refractivity contribution in [2.75, 3.05) is 0 Å². The van der Waals surface area contributed by atoms with Gasteiger partial charge < -0.3 is 10.4 Å². The van der Waals surface area contributed by atoms with E-state index in [0.29, 0.717) is 12.8 Å². The number of carbonyl (C=O) groups excluding carboxylic acids is 1. The van der Waals surface area contributed by atoms with E-state index in [4.69, 9.17) is 0 Å². The molecule has 1 saturated carbocycles. The number of hydrogen-bond donors (Lipinski definition) is 2. The summed E-state index contributed by atoms with van der Waals surface area (Å²) in [6.45, 7) is 0. The Kier molecular flexibility index (Phi) is 4.01. The van der Waals surface area contributed by atoms with Gasteiger partial charge >= 0.3 is 5.97 Å². The van der Waals surface area contributed by atoms with Crippen molar-refractivity contribution in [2.24, 2.45) is 0 Å². The van der Waals surface area contributed by atoms with Crippen molar-refractivity contribution < 1.29 is 23.5 Å². The molecule has 1 aliphatic carbocycles. The number of halogens is 2. The third-order valence-corrected chi connectivity index (χ3v) is 3.63. The van der Waals surface area contributed by atoms with E-state index in [0.717, 1.165) is 18.9 Å². The van der Waals surface area contributed by atoms with Crippen LogP contribution in [0.15, 0.2) is 18.2 Å². The van der Waals surface area contributed by atoms with Gasteiger partial charge in [-0.25, -0.2) is 13.6 Å². The molecule has 0 saturated heterocycles. The zero-order valence-corrected chi connectivity index (χ0v) is 10.8. The van der Waals surface area contributed by atoms with Crippen molar-refractivity contribution in [2.45, 2.75) is 37.6 Å². The Morgan fingerprint density at radius 3 is 2.50 bits per heavy atom. The third kappa shape index (κ3) is 2.79. The van der Waals surface area contributed by atoms with Gasteiger partial charge in [-0.2, -0.15) is 0 Å². The van der Waals surface area contributed by atoms with Crippen LogP contribution < -0.4 is 5.32 Å². The van der Waals surface area contributed by atoms with Crippen molar-refractivity contribution in [3.05, 3.63) is 35.4 Å². The van der Waals surface area contributed by atoms with E-state index in [2.05, 4.69) is 5.32 Å². The van der Waals surface area contributed by atoms with Crippen molar-refractivity contribution in [3.63, 3.8) is 0 Å². The Morgan fingerprint density at radius 2 is 1.90 bits per heavy atom. The number of carbonyl (C=O) groups is 2. The lowest BCUT2D eigenvalue weighted by atomic mass is 9.97. The highest BCUT2D eigenvalue weighted by Crippen LogP contribution is 2.30. The molecular weight excluding hydrogens is 268 g/mol. The van der Waals surface area contributed by atoms with Gasteiger partial charge in [-0.3, -0.25) is 4.79 Å². The van der Waals surface area contributed by atoms with E-state index in [-0.39, 0.29) is 12.0 Å². The zero-order chi connectivity index (χ0) is 14.8. The average Bonchev–Trinajstić information content (AvgIpc) is 2.85. The van der Waals surface area contributed by atoms with E-state index in [1.807, 2.05) is 0 Å². The molecule has 0 radical (unpaired) electrons. The van der Waals surface area contributed by atoms with E-state index < -0.39 is 29.0 Å². The van der Waals surface area contributed by atoms with Crippen LogP contribution in [0.4, 0.5) is 8.78 Å². The maximum absolute atomic E-state index is 13.5. The van der Waals surface area contributed by atoms with E-state index in [1.54, 1.807) is 0 Å². The highest BCUT2D eigenvalue weighted by molar-refractivity contribution is 5.88. The third-order valence-electron chi connectivity index (χ3n) is 3.63. The molecule has 1 aliphatic rings. The van der Waals surface area contributed by atoms with Crippen LogP contribution in [-0.2, 0) is 16.0 Å². The highest BCUT2D eigenvalue weighted by Gasteiger charge is 2.42. The predicted octanol–water partition coefficient (Wildman–Crippen LogP) is 2.02. The number of benzene rings is 1. The van der Waals surface area contributed by atoms with Crippen LogP contribution in [0.5, 0.6) is 0 Å². The summed E-state index contributed by atoms with van der Waals surface area (Å²) in [5, 5.41) is 11.7. The second-order valence-electron chi connectivity index (χ2n) is 5.03. The number of rotatable bonds is 4. The summed E-state index contributed by atoms with van der Waals surface area (Å²) in [7, 11) is 0. The largest absolute Gasteiger partial charge is 0.480 e. The smallest absolute Gasteiger partial charge is 0.329 e. The number of amides is 1. The van der Waals surface area contributed by atoms with Crippen molar-refractivity contribution >= 4 is 11.9 Å². The van der Waals surface area contributed by atoms with Crippen LogP contribution in [0.3, 0.4) is 0 Å². The van der Waals surface area contributed by atoms with Gasteiger partial charge in [0.15, 0.2) is 11.6 Å². The second-order valence-corrected chi connectivity index (χ2v) is 5.03. The molecule has 0 atom stereocenters. The predicted molar refractivity (Wildman–Crippen MR) is 67.0 cm³/mol. The molecule has 108 valence electrons. The molecule has 2 N–H and O–H groups in total. The Labute approximate surface area is 114 Å². The minimum atomic E-state index is -1.26. The summed E-state index contributed by atoms with van der Waals surface area (Å²) >= 11 is 0. The Hall–Kier alpha value is -1.98. The Balaban J connectivity index is 2.09. The van der Waals surface area contributed by atoms with Gasteiger partial charge in [-0.05, 0) is 18.9 Å². The van der Waals surface area contributed by atoms with Gasteiger partial charge in [0, 0.05) is 5.56 Å². The maximum Gasteiger partial charge on any atom is 0.329 e. The van der Waals surface area contributed by atoms with Crippen molar-refractivity contribution in [1.82, 2.24) is 5.32 Å². The van der Waals surface area contributed by atoms with Gasteiger partial charge in [0.1, 0.15) is 5.54 Å². The average molecular weight is 283 g/mol. The Bertz CT molecular complexity index is 539. The zero-order valence-electron chi connectivity index (χ0n) is 10.8. The molecule has 0 spiro atoms. The monoisotopic (exact) mass is 283 g/mol. The molecule has 0 unspecified atom stereocenters. The number of hydrogen-bond acceptors (Lipinski definition) is 2. The molecule has 0 aromatic heterocycles. The van der Waals surface area contributed by atoms with E-state index in [1.165, 1.54) is 12.1 Å². The van der Waals surface area contributed by atoms with Gasteiger partial charge in [0.05, 0.1) is 6.42 Å². The van der Waals surface area contributed by atoms with Crippen LogP contribution >= 0.6 is 0 Å². The normalized spacial score (nSPS) is 16.9. The first-order chi connectivity index (χ1) is 9.44. The van der Waals surface area contributed by atoms with Gasteiger partial charge in [0.2, 0.25) is 5.91 Å². The topological polar surface area (TPSA) is 66.4 Å². The number of nitrogens with one attached hydrogen (secondary N) is 1. The molecule has 1 fully saturated rings. The second kappa shape index (κ2) is 5.56. The van der Waals surface area contributed by atoms with Crippen LogP contribution in [-0.4, -0.2) is 22.5 Å². The molecule has 2 rings (SSSR count). The lowest BCUT2D eigenvalue weighted by molar-refractivity contribution is -0.147. The molecule has 6 heteroatoms. The molecule has 1 aromatic carbocycles. The number of aliphatic carboxylic acids is 1. The van der Waals surface area contributed by atoms with Crippen LogP contribution in [0, 0.1) is 11.6 Å². The fraction of sp³-hybridized carbons (Fsp3) is 0.429. The molecular formula is C14H15F2NO3. The lowest BCUT2D eigenvalue weighted by Crippen LogP contribution is -2.53. The molecule has 1 amide bonds. The number of carboxylic acid groups (broad SMARTS) is 1. The fourth-order valence-corrected chi connectivity index (χ4v) is 2.54. The molecule has 1 aromatic rings. The molecule has 4 nitrogen and oxygen atoms in total. The summed E-state index contributed by atoms with van der Waals surface area (Å²) in [5.74, 6) is -3.79. The first-order valence-electron chi connectivity index (χ1n) is 6.42. The van der Waals surface area contributed by atoms with Crippen molar-refractivity contribution in [3.8, 4) is 0 Å². The summed E-state index contributed by atoms with van der Waals surface area (Å²) in [6, 6.07) is 3.58. The minimum absolute atomic E-state index is 0.0824. The lowest BCUT2D eigenvalue weighted by Gasteiger charge is -2.25. The highest BCUT2D eigenvalue weighted by atomic mass is 19.2. The van der Waals surface area contributed by atoms with E-state index >= 15 is 0 Å². The van der Waals surface area contributed by atoms with Gasteiger partial charge in [-0.1, -0.05) is 25.0 Å². The van der Waals surface area contributed by atoms with Crippen LogP contribution in [0.1, 0.15) is 31.2 Å². The molecule has 0 heterocycles. The SMILES string of the molecule is O=C(Cc1cccc(F)c1F)NC1(C(=O)O)CCCC1. The molecule has 0 bridgehead atoms. The summed E-state index contributed by atoms with van der Waals surface area (Å²) in [5.41, 5.74) is -1.35. The van der Waals surface area contributed by atoms with Crippen LogP contribution in [0.25, 0.3) is 0 Å². The van der Waals surface area contributed by atoms with Gasteiger partial charge in [-0.15, -0.1) is 0 Å². The molecule has 0 aliphatic heterocycles. The number of carboxylic acids is 1. The summed E-state index contributed by atoms with van der Waals surface area (Å²) < 4.78 is 26.5. The standard InChI is InChI=1S/C14H15F2NO3/c15-10-5-3-4-9(12(10)16)8-11(18)17-14(13(19)20)6-1-2-7-14/h3-5H,1-2,6-8H2,(H,17,18)(H,19,20). The first kappa shape index (κ1) is 14.4. The van der Waals surface area contributed by atoms with Crippen molar-refractivity contribution in [1.29, 1.82) is 0 Å². The first-order valence-corrected chi connectivity index (χ1v) is 6.42. The minimum Gasteiger partial charge on any atom is -0.480 e.